The number of ether oxygens (including phenoxy) is 1. The largest absolute Gasteiger partial charge is 0.497 e. The monoisotopic (exact) mass is 477 g/mol. The van der Waals surface area contributed by atoms with Gasteiger partial charge in [0.2, 0.25) is 11.8 Å². The van der Waals surface area contributed by atoms with Crippen LogP contribution in [0.2, 0.25) is 0 Å². The van der Waals surface area contributed by atoms with Crippen molar-refractivity contribution in [3.05, 3.63) is 65.7 Å². The number of benzene rings is 2. The van der Waals surface area contributed by atoms with Gasteiger partial charge in [0, 0.05) is 30.7 Å². The molecule has 3 amide bonds. The van der Waals surface area contributed by atoms with E-state index >= 15 is 0 Å². The number of amides is 3. The van der Waals surface area contributed by atoms with Crippen LogP contribution in [0.4, 0.5) is 0 Å². The van der Waals surface area contributed by atoms with Crippen molar-refractivity contribution < 1.29 is 19.1 Å². The lowest BCUT2D eigenvalue weighted by Crippen LogP contribution is -2.55. The summed E-state index contributed by atoms with van der Waals surface area (Å²) in [5, 5.41) is 6.34. The van der Waals surface area contributed by atoms with E-state index in [4.69, 9.17) is 4.74 Å². The van der Waals surface area contributed by atoms with Crippen LogP contribution in [0.5, 0.6) is 5.75 Å². The molecule has 4 rings (SSSR count). The van der Waals surface area contributed by atoms with Crippen molar-refractivity contribution >= 4 is 17.7 Å². The predicted octanol–water partition coefficient (Wildman–Crippen LogP) is 3.33. The average Bonchev–Trinajstić information content (AvgIpc) is 2.90. The summed E-state index contributed by atoms with van der Waals surface area (Å²) < 4.78 is 5.17. The molecule has 2 fully saturated rings. The number of hydrogen-bond donors (Lipinski definition) is 2. The standard InChI is InChI=1S/C28H35N3O4/c1-35-23-15-13-21(14-16-23)27(33)29-24-11-5-6-12-25(24)30-28(34)22-10-7-17-31(19-22)26(32)18-20-8-3-2-4-9-20/h2-4,8-9,13-16,22,24-25H,5-7,10-12,17-19H2,1H3,(H,29,33)(H,30,34)/t22?,24-,25?/m1/s1. The van der Waals surface area contributed by atoms with Gasteiger partial charge in [0.25, 0.3) is 5.91 Å². The van der Waals surface area contributed by atoms with Crippen LogP contribution < -0.4 is 15.4 Å². The summed E-state index contributed by atoms with van der Waals surface area (Å²) in [5.41, 5.74) is 1.56. The zero-order valence-corrected chi connectivity index (χ0v) is 20.4. The van der Waals surface area contributed by atoms with Gasteiger partial charge in [0.05, 0.1) is 19.4 Å². The molecule has 0 bridgehead atoms. The lowest BCUT2D eigenvalue weighted by atomic mass is 9.88. The number of hydrogen-bond acceptors (Lipinski definition) is 4. The Morgan fingerprint density at radius 2 is 1.57 bits per heavy atom. The summed E-state index contributed by atoms with van der Waals surface area (Å²) in [4.78, 5) is 40.6. The normalized spacial score (nSPS) is 22.2. The Hall–Kier alpha value is -3.35. The van der Waals surface area contributed by atoms with Gasteiger partial charge >= 0.3 is 0 Å². The summed E-state index contributed by atoms with van der Waals surface area (Å²) in [5.74, 6) is 0.388. The van der Waals surface area contributed by atoms with Gasteiger partial charge in [-0.3, -0.25) is 14.4 Å². The fourth-order valence-electron chi connectivity index (χ4n) is 5.07. The fourth-order valence-corrected chi connectivity index (χ4v) is 5.07. The molecule has 1 aliphatic heterocycles. The maximum absolute atomic E-state index is 13.2. The second-order valence-corrected chi connectivity index (χ2v) is 9.55. The summed E-state index contributed by atoms with van der Waals surface area (Å²) >= 11 is 0. The SMILES string of the molecule is COc1ccc(C(=O)N[C@@H]2CCCCC2NC(=O)C2CCCN(C(=O)Cc3ccccc3)C2)cc1. The fraction of sp³-hybridized carbons (Fsp3) is 0.464. The smallest absolute Gasteiger partial charge is 0.251 e. The first-order valence-corrected chi connectivity index (χ1v) is 12.6. The molecule has 7 heteroatoms. The topological polar surface area (TPSA) is 87.7 Å². The molecule has 2 unspecified atom stereocenters. The van der Waals surface area contributed by atoms with E-state index in [1.807, 2.05) is 35.2 Å². The zero-order chi connectivity index (χ0) is 24.6. The second-order valence-electron chi connectivity index (χ2n) is 9.55. The molecule has 1 saturated carbocycles. The van der Waals surface area contributed by atoms with Crippen LogP contribution in [-0.4, -0.2) is 54.9 Å². The number of piperidine rings is 1. The highest BCUT2D eigenvalue weighted by Gasteiger charge is 2.33. The minimum atomic E-state index is -0.219. The molecular formula is C28H35N3O4. The number of rotatable bonds is 7. The van der Waals surface area contributed by atoms with E-state index in [-0.39, 0.29) is 35.7 Å². The molecule has 0 radical (unpaired) electrons. The Morgan fingerprint density at radius 1 is 0.886 bits per heavy atom. The first-order valence-electron chi connectivity index (χ1n) is 12.6. The molecular weight excluding hydrogens is 442 g/mol. The highest BCUT2D eigenvalue weighted by molar-refractivity contribution is 5.94. The molecule has 1 aliphatic carbocycles. The Labute approximate surface area is 207 Å². The van der Waals surface area contributed by atoms with Crippen LogP contribution in [0.25, 0.3) is 0 Å². The maximum atomic E-state index is 13.2. The van der Waals surface area contributed by atoms with Gasteiger partial charge in [-0.1, -0.05) is 43.2 Å². The van der Waals surface area contributed by atoms with Gasteiger partial charge < -0.3 is 20.3 Å². The molecule has 186 valence electrons. The molecule has 1 saturated heterocycles. The van der Waals surface area contributed by atoms with Gasteiger partial charge in [0.1, 0.15) is 5.75 Å². The molecule has 7 nitrogen and oxygen atoms in total. The van der Waals surface area contributed by atoms with E-state index < -0.39 is 0 Å². The van der Waals surface area contributed by atoms with E-state index in [9.17, 15) is 14.4 Å². The van der Waals surface area contributed by atoms with E-state index in [0.29, 0.717) is 30.8 Å². The molecule has 1 heterocycles. The Balaban J connectivity index is 1.32. The number of nitrogens with one attached hydrogen (secondary N) is 2. The molecule has 0 aromatic heterocycles. The number of methoxy groups -OCH3 is 1. The third kappa shape index (κ3) is 6.62. The Morgan fingerprint density at radius 3 is 2.26 bits per heavy atom. The minimum Gasteiger partial charge on any atom is -0.497 e. The molecule has 35 heavy (non-hydrogen) atoms. The third-order valence-corrected chi connectivity index (χ3v) is 7.11. The molecule has 2 aromatic rings. The van der Waals surface area contributed by atoms with Crippen molar-refractivity contribution in [1.82, 2.24) is 15.5 Å². The van der Waals surface area contributed by atoms with Crippen molar-refractivity contribution in [1.29, 1.82) is 0 Å². The summed E-state index contributed by atoms with van der Waals surface area (Å²) in [6, 6.07) is 16.5. The van der Waals surface area contributed by atoms with E-state index in [1.165, 1.54) is 0 Å². The van der Waals surface area contributed by atoms with Crippen molar-refractivity contribution in [3.8, 4) is 5.75 Å². The highest BCUT2D eigenvalue weighted by Crippen LogP contribution is 2.22. The molecule has 2 N–H and O–H groups in total. The first-order chi connectivity index (χ1) is 17.0. The summed E-state index contributed by atoms with van der Waals surface area (Å²) in [7, 11) is 1.59. The number of nitrogens with zero attached hydrogens (tertiary/aromatic N) is 1. The molecule has 2 aromatic carbocycles. The molecule has 0 spiro atoms. The average molecular weight is 478 g/mol. The van der Waals surface area contributed by atoms with Crippen molar-refractivity contribution in [2.75, 3.05) is 20.2 Å². The maximum Gasteiger partial charge on any atom is 0.251 e. The van der Waals surface area contributed by atoms with Gasteiger partial charge in [-0.15, -0.1) is 0 Å². The number of carbonyl (C=O) groups is 3. The van der Waals surface area contributed by atoms with Gasteiger partial charge in [-0.05, 0) is 55.5 Å². The van der Waals surface area contributed by atoms with Crippen LogP contribution in [0.1, 0.15) is 54.4 Å². The van der Waals surface area contributed by atoms with E-state index in [2.05, 4.69) is 10.6 Å². The van der Waals surface area contributed by atoms with E-state index in [1.54, 1.807) is 31.4 Å². The lowest BCUT2D eigenvalue weighted by Gasteiger charge is -2.36. The van der Waals surface area contributed by atoms with Crippen LogP contribution in [0.3, 0.4) is 0 Å². The van der Waals surface area contributed by atoms with Gasteiger partial charge in [-0.2, -0.15) is 0 Å². The first kappa shape index (κ1) is 24.8. The van der Waals surface area contributed by atoms with Crippen molar-refractivity contribution in [3.63, 3.8) is 0 Å². The lowest BCUT2D eigenvalue weighted by molar-refractivity contribution is -0.135. The van der Waals surface area contributed by atoms with Crippen molar-refractivity contribution in [2.45, 2.75) is 57.0 Å². The van der Waals surface area contributed by atoms with Gasteiger partial charge in [-0.25, -0.2) is 0 Å². The zero-order valence-electron chi connectivity index (χ0n) is 20.4. The quantitative estimate of drug-likeness (QED) is 0.640. The Bertz CT molecular complexity index is 1010. The minimum absolute atomic E-state index is 0.0159. The summed E-state index contributed by atoms with van der Waals surface area (Å²) in [6.45, 7) is 1.15. The van der Waals surface area contributed by atoms with Gasteiger partial charge in [0.15, 0.2) is 0 Å². The van der Waals surface area contributed by atoms with Crippen LogP contribution >= 0.6 is 0 Å². The highest BCUT2D eigenvalue weighted by atomic mass is 16.5. The second kappa shape index (κ2) is 11.9. The van der Waals surface area contributed by atoms with Crippen LogP contribution in [0.15, 0.2) is 54.6 Å². The summed E-state index contributed by atoms with van der Waals surface area (Å²) in [6.07, 6.45) is 5.66. The number of carbonyl (C=O) groups excluding carboxylic acids is 3. The molecule has 2 aliphatic rings. The Kier molecular flexibility index (Phi) is 8.40. The third-order valence-electron chi connectivity index (χ3n) is 7.11. The van der Waals surface area contributed by atoms with Crippen LogP contribution in [-0.2, 0) is 16.0 Å². The van der Waals surface area contributed by atoms with E-state index in [0.717, 1.165) is 44.1 Å². The predicted molar refractivity (Wildman–Crippen MR) is 134 cm³/mol. The number of likely N-dealkylation sites (tertiary alicyclic amines) is 1. The van der Waals surface area contributed by atoms with Crippen molar-refractivity contribution in [2.24, 2.45) is 5.92 Å². The molecule has 3 atom stereocenters. The van der Waals surface area contributed by atoms with Crippen LogP contribution in [0, 0.1) is 5.92 Å².